The molecule has 0 spiro atoms. The van der Waals surface area contributed by atoms with Gasteiger partial charge < -0.3 is 5.32 Å². The number of carbonyl (C=O) groups is 1. The van der Waals surface area contributed by atoms with E-state index in [9.17, 15) is 4.79 Å². The molecule has 70 valence electrons. The summed E-state index contributed by atoms with van der Waals surface area (Å²) >= 11 is 9.00. The highest BCUT2D eigenvalue weighted by Gasteiger charge is 2.06. The highest BCUT2D eigenvalue weighted by Crippen LogP contribution is 2.25. The van der Waals surface area contributed by atoms with E-state index in [1.807, 2.05) is 0 Å². The smallest absolute Gasteiger partial charge is 0.221 e. The zero-order valence-electron chi connectivity index (χ0n) is 7.19. The highest BCUT2D eigenvalue weighted by atomic mass is 79.9. The summed E-state index contributed by atoms with van der Waals surface area (Å²) in [6.45, 7) is 3.24. The van der Waals surface area contributed by atoms with Crippen molar-refractivity contribution in [1.82, 2.24) is 4.98 Å². The molecule has 3 nitrogen and oxygen atoms in total. The Morgan fingerprint density at radius 3 is 2.85 bits per heavy atom. The van der Waals surface area contributed by atoms with Gasteiger partial charge in [0.15, 0.2) is 0 Å². The molecule has 0 fully saturated rings. The molecule has 0 unspecified atom stereocenters. The average Bonchev–Trinajstić information content (AvgIpc) is 1.99. The molecule has 0 saturated carbocycles. The standard InChI is InChI=1S/C8H8BrClN2O/c1-4-7(12-5(2)13)3-6(10)8(9)11-4/h3H,1-2H3,(H,12,13). The van der Waals surface area contributed by atoms with Crippen LogP contribution in [-0.4, -0.2) is 10.9 Å². The maximum atomic E-state index is 10.8. The van der Waals surface area contributed by atoms with Crippen LogP contribution in [-0.2, 0) is 4.79 Å². The maximum Gasteiger partial charge on any atom is 0.221 e. The van der Waals surface area contributed by atoms with Crippen molar-refractivity contribution in [3.8, 4) is 0 Å². The number of hydrogen-bond donors (Lipinski definition) is 1. The Bertz CT molecular complexity index is 354. The third-order valence-corrected chi connectivity index (χ3v) is 2.56. The number of aromatic nitrogens is 1. The van der Waals surface area contributed by atoms with Crippen molar-refractivity contribution in [3.63, 3.8) is 0 Å². The fraction of sp³-hybridized carbons (Fsp3) is 0.250. The van der Waals surface area contributed by atoms with E-state index in [0.717, 1.165) is 5.69 Å². The fourth-order valence-corrected chi connectivity index (χ4v) is 1.40. The summed E-state index contributed by atoms with van der Waals surface area (Å²) in [7, 11) is 0. The van der Waals surface area contributed by atoms with Crippen molar-refractivity contribution in [2.75, 3.05) is 5.32 Å². The first-order chi connectivity index (χ1) is 6.00. The second-order valence-corrected chi connectivity index (χ2v) is 3.73. The van der Waals surface area contributed by atoms with Crippen LogP contribution >= 0.6 is 27.5 Å². The van der Waals surface area contributed by atoms with E-state index >= 15 is 0 Å². The molecule has 0 aromatic carbocycles. The van der Waals surface area contributed by atoms with Gasteiger partial charge in [-0.3, -0.25) is 4.79 Å². The van der Waals surface area contributed by atoms with Gasteiger partial charge in [-0.15, -0.1) is 0 Å². The Hall–Kier alpha value is -0.610. The van der Waals surface area contributed by atoms with E-state index in [1.54, 1.807) is 13.0 Å². The Balaban J connectivity index is 3.08. The molecular formula is C8H8BrClN2O. The molecule has 0 aliphatic rings. The number of aryl methyl sites for hydroxylation is 1. The van der Waals surface area contributed by atoms with E-state index in [4.69, 9.17) is 11.6 Å². The second-order valence-electron chi connectivity index (χ2n) is 2.58. The van der Waals surface area contributed by atoms with Crippen LogP contribution < -0.4 is 5.32 Å². The fourth-order valence-electron chi connectivity index (χ4n) is 0.868. The summed E-state index contributed by atoms with van der Waals surface area (Å²) in [5.74, 6) is -0.136. The molecule has 0 atom stereocenters. The summed E-state index contributed by atoms with van der Waals surface area (Å²) in [4.78, 5) is 14.9. The lowest BCUT2D eigenvalue weighted by atomic mass is 10.3. The molecule has 1 aromatic rings. The van der Waals surface area contributed by atoms with Gasteiger partial charge in [0, 0.05) is 6.92 Å². The van der Waals surface area contributed by atoms with Crippen molar-refractivity contribution in [3.05, 3.63) is 21.4 Å². The number of rotatable bonds is 1. The number of nitrogens with one attached hydrogen (secondary N) is 1. The molecule has 1 rings (SSSR count). The van der Waals surface area contributed by atoms with Gasteiger partial charge in [0.05, 0.1) is 16.4 Å². The van der Waals surface area contributed by atoms with Crippen LogP contribution in [0.15, 0.2) is 10.7 Å². The van der Waals surface area contributed by atoms with E-state index < -0.39 is 0 Å². The predicted octanol–water partition coefficient (Wildman–Crippen LogP) is 2.76. The normalized spacial score (nSPS) is 9.85. The third-order valence-electron chi connectivity index (χ3n) is 1.43. The first kappa shape index (κ1) is 10.5. The van der Waals surface area contributed by atoms with Gasteiger partial charge in [-0.25, -0.2) is 4.98 Å². The predicted molar refractivity (Wildman–Crippen MR) is 56.0 cm³/mol. The molecule has 0 bridgehead atoms. The molecule has 0 radical (unpaired) electrons. The summed E-state index contributed by atoms with van der Waals surface area (Å²) in [6, 6.07) is 1.66. The van der Waals surface area contributed by atoms with Crippen LogP contribution in [0.1, 0.15) is 12.6 Å². The first-order valence-electron chi connectivity index (χ1n) is 3.61. The van der Waals surface area contributed by atoms with Crippen molar-refractivity contribution in [1.29, 1.82) is 0 Å². The summed E-state index contributed by atoms with van der Waals surface area (Å²) in [6.07, 6.45) is 0. The van der Waals surface area contributed by atoms with Gasteiger partial charge in [-0.05, 0) is 28.9 Å². The topological polar surface area (TPSA) is 42.0 Å². The van der Waals surface area contributed by atoms with E-state index in [2.05, 4.69) is 26.2 Å². The third kappa shape index (κ3) is 2.67. The number of amides is 1. The van der Waals surface area contributed by atoms with Crippen LogP contribution in [0.4, 0.5) is 5.69 Å². The minimum Gasteiger partial charge on any atom is -0.325 e. The minimum atomic E-state index is -0.136. The number of pyridine rings is 1. The lowest BCUT2D eigenvalue weighted by Gasteiger charge is -2.06. The molecule has 1 heterocycles. The second kappa shape index (κ2) is 4.07. The quantitative estimate of drug-likeness (QED) is 0.792. The molecule has 1 amide bonds. The highest BCUT2D eigenvalue weighted by molar-refractivity contribution is 9.10. The van der Waals surface area contributed by atoms with Crippen LogP contribution in [0.3, 0.4) is 0 Å². The van der Waals surface area contributed by atoms with E-state index in [0.29, 0.717) is 15.3 Å². The number of carbonyl (C=O) groups excluding carboxylic acids is 1. The molecule has 1 N–H and O–H groups in total. The molecule has 1 aromatic heterocycles. The minimum absolute atomic E-state index is 0.136. The molecule has 5 heteroatoms. The van der Waals surface area contributed by atoms with Gasteiger partial charge in [0.1, 0.15) is 4.60 Å². The number of halogens is 2. The number of hydrogen-bond acceptors (Lipinski definition) is 2. The molecule has 13 heavy (non-hydrogen) atoms. The average molecular weight is 264 g/mol. The van der Waals surface area contributed by atoms with Crippen molar-refractivity contribution < 1.29 is 4.79 Å². The van der Waals surface area contributed by atoms with E-state index in [1.165, 1.54) is 6.92 Å². The van der Waals surface area contributed by atoms with Gasteiger partial charge in [0.2, 0.25) is 5.91 Å². The molecular weight excluding hydrogens is 255 g/mol. The van der Waals surface area contributed by atoms with E-state index in [-0.39, 0.29) is 5.91 Å². The van der Waals surface area contributed by atoms with Crippen LogP contribution in [0.2, 0.25) is 5.02 Å². The number of anilines is 1. The molecule has 0 aliphatic heterocycles. The zero-order chi connectivity index (χ0) is 10.0. The Morgan fingerprint density at radius 2 is 2.31 bits per heavy atom. The Labute approximate surface area is 89.6 Å². The lowest BCUT2D eigenvalue weighted by Crippen LogP contribution is -2.08. The summed E-state index contributed by atoms with van der Waals surface area (Å²) < 4.78 is 0.584. The van der Waals surface area contributed by atoms with Gasteiger partial charge in [-0.2, -0.15) is 0 Å². The number of nitrogens with zero attached hydrogens (tertiary/aromatic N) is 1. The molecule has 0 saturated heterocycles. The zero-order valence-corrected chi connectivity index (χ0v) is 9.53. The first-order valence-corrected chi connectivity index (χ1v) is 4.78. The van der Waals surface area contributed by atoms with Crippen LogP contribution in [0.25, 0.3) is 0 Å². The van der Waals surface area contributed by atoms with Gasteiger partial charge in [0.25, 0.3) is 0 Å². The van der Waals surface area contributed by atoms with Gasteiger partial charge in [-0.1, -0.05) is 11.6 Å². The van der Waals surface area contributed by atoms with Gasteiger partial charge >= 0.3 is 0 Å². The Morgan fingerprint density at radius 1 is 1.69 bits per heavy atom. The summed E-state index contributed by atoms with van der Waals surface area (Å²) in [5.41, 5.74) is 1.37. The maximum absolute atomic E-state index is 10.8. The van der Waals surface area contributed by atoms with Crippen molar-refractivity contribution in [2.24, 2.45) is 0 Å². The van der Waals surface area contributed by atoms with Crippen LogP contribution in [0, 0.1) is 6.92 Å². The summed E-state index contributed by atoms with van der Waals surface area (Å²) in [5, 5.41) is 3.12. The van der Waals surface area contributed by atoms with Crippen molar-refractivity contribution in [2.45, 2.75) is 13.8 Å². The lowest BCUT2D eigenvalue weighted by molar-refractivity contribution is -0.114. The SMILES string of the molecule is CC(=O)Nc1cc(Cl)c(Br)nc1C. The van der Waals surface area contributed by atoms with Crippen molar-refractivity contribution >= 4 is 39.1 Å². The molecule has 0 aliphatic carbocycles. The largest absolute Gasteiger partial charge is 0.325 e. The van der Waals surface area contributed by atoms with Crippen LogP contribution in [0.5, 0.6) is 0 Å². The Kier molecular flexibility index (Phi) is 3.27. The monoisotopic (exact) mass is 262 g/mol.